The van der Waals surface area contributed by atoms with Gasteiger partial charge in [0.25, 0.3) is 0 Å². The first kappa shape index (κ1) is 32.1. The highest BCUT2D eigenvalue weighted by molar-refractivity contribution is 7.92. The van der Waals surface area contributed by atoms with Crippen LogP contribution < -0.4 is 11.1 Å². The molecule has 2 fully saturated rings. The fourth-order valence-electron chi connectivity index (χ4n) is 6.10. The van der Waals surface area contributed by atoms with Gasteiger partial charge in [0.05, 0.1) is 26.5 Å². The van der Waals surface area contributed by atoms with E-state index in [2.05, 4.69) is 5.32 Å². The van der Waals surface area contributed by atoms with E-state index in [4.69, 9.17) is 28.9 Å². The third-order valence-electron chi connectivity index (χ3n) is 8.57. The molecule has 0 radical (unpaired) electrons. The average molecular weight is 637 g/mol. The summed E-state index contributed by atoms with van der Waals surface area (Å²) in [4.78, 5) is 54.2. The lowest BCUT2D eigenvalue weighted by molar-refractivity contribution is -0.153. The Hall–Kier alpha value is -2.79. The van der Waals surface area contributed by atoms with Crippen LogP contribution in [-0.2, 0) is 34.4 Å². The van der Waals surface area contributed by atoms with Gasteiger partial charge in [0.15, 0.2) is 16.1 Å². The molecule has 1 heterocycles. The lowest BCUT2D eigenvalue weighted by atomic mass is 9.75. The van der Waals surface area contributed by atoms with Crippen LogP contribution in [0, 0.1) is 5.92 Å². The summed E-state index contributed by atoms with van der Waals surface area (Å²) in [5.74, 6) is -3.81. The number of carbonyl (C=O) groups is 4. The van der Waals surface area contributed by atoms with E-state index in [1.165, 1.54) is 23.1 Å². The number of nitrogens with zero attached hydrogens (tertiary/aromatic N) is 1. The maximum Gasteiger partial charge on any atom is 0.244 e. The molecule has 4 rings (SSSR count). The van der Waals surface area contributed by atoms with Crippen molar-refractivity contribution in [2.45, 2.75) is 66.5 Å². The molecule has 2 aromatic rings. The first-order valence-corrected chi connectivity index (χ1v) is 16.3. The van der Waals surface area contributed by atoms with E-state index < -0.39 is 62.5 Å². The van der Waals surface area contributed by atoms with E-state index in [0.717, 1.165) is 12.8 Å². The van der Waals surface area contributed by atoms with Crippen LogP contribution in [0.25, 0.3) is 0 Å². The first-order valence-electron chi connectivity index (χ1n) is 14.0. The predicted molar refractivity (Wildman–Crippen MR) is 160 cm³/mol. The van der Waals surface area contributed by atoms with Gasteiger partial charge in [0, 0.05) is 11.6 Å². The number of primary amides is 1. The monoisotopic (exact) mass is 635 g/mol. The van der Waals surface area contributed by atoms with Crippen molar-refractivity contribution in [2.24, 2.45) is 11.7 Å². The quantitative estimate of drug-likeness (QED) is 0.184. The first-order chi connectivity index (χ1) is 20.0. The minimum absolute atomic E-state index is 0.000807. The molecule has 3 atom stereocenters. The van der Waals surface area contributed by atoms with Gasteiger partial charge in [-0.2, -0.15) is 0 Å². The van der Waals surface area contributed by atoms with Crippen LogP contribution >= 0.6 is 23.2 Å². The smallest absolute Gasteiger partial charge is 0.244 e. The fourth-order valence-corrected chi connectivity index (χ4v) is 8.47. The molecule has 3 N–H and O–H groups in total. The third-order valence-corrected chi connectivity index (χ3v) is 11.4. The number of hydrogen-bond acceptors (Lipinski definition) is 7. The van der Waals surface area contributed by atoms with Crippen LogP contribution in [0.15, 0.2) is 53.4 Å². The molecule has 1 saturated heterocycles. The molecule has 1 aliphatic carbocycles. The van der Waals surface area contributed by atoms with Gasteiger partial charge in [0.1, 0.15) is 5.54 Å². The minimum Gasteiger partial charge on any atom is -0.368 e. The van der Waals surface area contributed by atoms with Gasteiger partial charge in [-0.1, -0.05) is 60.8 Å². The van der Waals surface area contributed by atoms with Crippen molar-refractivity contribution in [3.63, 3.8) is 0 Å². The Morgan fingerprint density at radius 3 is 2.33 bits per heavy atom. The molecule has 2 aromatic carbocycles. The molecule has 1 aliphatic heterocycles. The van der Waals surface area contributed by atoms with E-state index >= 15 is 0 Å². The number of ketones is 1. The summed E-state index contributed by atoms with van der Waals surface area (Å²) >= 11 is 12.3. The maximum absolute atomic E-state index is 14.5. The molecule has 0 bridgehead atoms. The fraction of sp³-hybridized carbons (Fsp3) is 0.467. The highest BCUT2D eigenvalue weighted by Gasteiger charge is 2.65. The molecule has 0 spiro atoms. The number of rotatable bonds is 14. The number of nitrogens with two attached hydrogens (primary N) is 1. The second-order valence-electron chi connectivity index (χ2n) is 11.1. The number of amides is 2. The van der Waals surface area contributed by atoms with E-state index in [0.29, 0.717) is 30.0 Å². The summed E-state index contributed by atoms with van der Waals surface area (Å²) in [5, 5.41) is 2.37. The zero-order valence-electron chi connectivity index (χ0n) is 23.4. The van der Waals surface area contributed by atoms with Gasteiger partial charge in [0.2, 0.25) is 17.6 Å². The Morgan fingerprint density at radius 1 is 1.10 bits per heavy atom. The molecular formula is C30H35Cl2N3O6S. The number of likely N-dealkylation sites (tertiary alicyclic amines) is 1. The molecule has 2 amide bonds. The Labute approximate surface area is 256 Å². The third kappa shape index (κ3) is 5.86. The lowest BCUT2D eigenvalue weighted by Gasteiger charge is -2.42. The molecule has 226 valence electrons. The number of sulfone groups is 1. The molecular weight excluding hydrogens is 601 g/mol. The standard InChI is InChI=1S/C30H35Cl2N3O6S/c1-2-3-15-34-16-12-23(25(37)19-36)30(27(33)38)17-22(42(40,41)26-7-5-4-6-24(26)32)18-35(30)28(39)29(13-14-29)20-8-10-21(31)11-9-20/h4-11,19,22-23,34H,2-3,12-18H2,1H3,(H2,33,38)/t22?,23-,30?/m1/s1. The van der Waals surface area contributed by atoms with Crippen molar-refractivity contribution in [1.82, 2.24) is 10.2 Å². The van der Waals surface area contributed by atoms with Crippen molar-refractivity contribution in [2.75, 3.05) is 19.6 Å². The number of unbranched alkanes of at least 4 members (excludes halogenated alkanes) is 1. The van der Waals surface area contributed by atoms with E-state index in [-0.39, 0.29) is 29.2 Å². The molecule has 42 heavy (non-hydrogen) atoms. The van der Waals surface area contributed by atoms with Crippen molar-refractivity contribution in [1.29, 1.82) is 0 Å². The van der Waals surface area contributed by atoms with Gasteiger partial charge in [-0.05, 0) is 75.0 Å². The summed E-state index contributed by atoms with van der Waals surface area (Å²) < 4.78 is 27.9. The van der Waals surface area contributed by atoms with Crippen LogP contribution in [0.2, 0.25) is 10.0 Å². The lowest BCUT2D eigenvalue weighted by Crippen LogP contribution is -2.64. The zero-order chi connectivity index (χ0) is 30.7. The van der Waals surface area contributed by atoms with Gasteiger partial charge < -0.3 is 16.0 Å². The number of halogens is 2. The van der Waals surface area contributed by atoms with Crippen LogP contribution in [0.5, 0.6) is 0 Å². The van der Waals surface area contributed by atoms with Gasteiger partial charge in [-0.3, -0.25) is 19.2 Å². The molecule has 9 nitrogen and oxygen atoms in total. The van der Waals surface area contributed by atoms with Gasteiger partial charge in [-0.15, -0.1) is 0 Å². The molecule has 2 aliphatic rings. The topological polar surface area (TPSA) is 144 Å². The summed E-state index contributed by atoms with van der Waals surface area (Å²) in [6, 6.07) is 12.7. The summed E-state index contributed by atoms with van der Waals surface area (Å²) in [6.45, 7) is 2.54. The van der Waals surface area contributed by atoms with Crippen LogP contribution in [0.1, 0.15) is 51.0 Å². The Morgan fingerprint density at radius 2 is 1.76 bits per heavy atom. The normalized spacial score (nSPS) is 22.0. The van der Waals surface area contributed by atoms with Crippen LogP contribution in [0.3, 0.4) is 0 Å². The maximum atomic E-state index is 14.5. The predicted octanol–water partition coefficient (Wildman–Crippen LogP) is 3.49. The van der Waals surface area contributed by atoms with E-state index in [1.54, 1.807) is 30.3 Å². The van der Waals surface area contributed by atoms with E-state index in [1.807, 2.05) is 6.92 Å². The van der Waals surface area contributed by atoms with Gasteiger partial charge in [-0.25, -0.2) is 8.42 Å². The Balaban J connectivity index is 1.83. The van der Waals surface area contributed by atoms with Crippen LogP contribution in [-0.4, -0.2) is 67.6 Å². The molecule has 1 saturated carbocycles. The zero-order valence-corrected chi connectivity index (χ0v) is 25.7. The number of aldehydes is 1. The summed E-state index contributed by atoms with van der Waals surface area (Å²) in [6.07, 6.45) is 2.38. The SMILES string of the molecule is CCCCNCC[C@H](C(=O)C=O)C1(C(N)=O)CC(S(=O)(=O)c2ccccc2Cl)CN1C(=O)C1(c2ccc(Cl)cc2)CC1. The molecule has 0 aromatic heterocycles. The van der Waals surface area contributed by atoms with Gasteiger partial charge >= 0.3 is 0 Å². The summed E-state index contributed by atoms with van der Waals surface area (Å²) in [5.41, 5.74) is 3.61. The number of hydrogen-bond donors (Lipinski definition) is 2. The minimum atomic E-state index is -4.20. The average Bonchev–Trinajstić information content (AvgIpc) is 3.67. The molecule has 12 heteroatoms. The largest absolute Gasteiger partial charge is 0.368 e. The van der Waals surface area contributed by atoms with Crippen molar-refractivity contribution < 1.29 is 27.6 Å². The highest BCUT2D eigenvalue weighted by atomic mass is 35.5. The van der Waals surface area contributed by atoms with Crippen LogP contribution in [0.4, 0.5) is 0 Å². The van der Waals surface area contributed by atoms with Crippen molar-refractivity contribution in [3.05, 3.63) is 64.1 Å². The summed E-state index contributed by atoms with van der Waals surface area (Å²) in [7, 11) is -4.20. The molecule has 2 unspecified atom stereocenters. The number of nitrogens with one attached hydrogen (secondary N) is 1. The number of carbonyl (C=O) groups excluding carboxylic acids is 4. The number of Topliss-reactive ketones (excluding diaryl/α,β-unsaturated/α-hetero) is 1. The number of benzene rings is 2. The second kappa shape index (κ2) is 12.8. The highest BCUT2D eigenvalue weighted by Crippen LogP contribution is 2.53. The van der Waals surface area contributed by atoms with Crippen molar-refractivity contribution >= 4 is 56.9 Å². The Bertz CT molecular complexity index is 1460. The second-order valence-corrected chi connectivity index (χ2v) is 14.1. The van der Waals surface area contributed by atoms with Crippen molar-refractivity contribution in [3.8, 4) is 0 Å². The Kier molecular flexibility index (Phi) is 9.82. The van der Waals surface area contributed by atoms with E-state index in [9.17, 15) is 27.6 Å².